The summed E-state index contributed by atoms with van der Waals surface area (Å²) in [6, 6.07) is 15.0. The maximum atomic E-state index is 4.94. The molecule has 0 N–H and O–H groups in total. The van der Waals surface area contributed by atoms with Gasteiger partial charge in [0.1, 0.15) is 0 Å². The third kappa shape index (κ3) is 3.01. The molecule has 2 nitrogen and oxygen atoms in total. The van der Waals surface area contributed by atoms with Gasteiger partial charge in [-0.1, -0.05) is 43.3 Å². The summed E-state index contributed by atoms with van der Waals surface area (Å²) in [5, 5.41) is 0. The first-order valence-corrected chi connectivity index (χ1v) is 8.01. The number of hydrogen-bond donors (Lipinski definition) is 0. The molecule has 0 spiro atoms. The molecule has 3 atom stereocenters. The zero-order chi connectivity index (χ0) is 15.4. The van der Waals surface area contributed by atoms with Gasteiger partial charge in [0.15, 0.2) is 0 Å². The van der Waals surface area contributed by atoms with Crippen molar-refractivity contribution in [2.24, 2.45) is 10.9 Å². The van der Waals surface area contributed by atoms with Crippen LogP contribution in [0.4, 0.5) is 0 Å². The number of rotatable bonds is 4. The molecule has 3 rings (SSSR count). The van der Waals surface area contributed by atoms with Gasteiger partial charge in [0.25, 0.3) is 0 Å². The Kier molecular flexibility index (Phi) is 4.47. The molecule has 2 heteroatoms. The maximum Gasteiger partial charge on any atom is 0.0647 e. The van der Waals surface area contributed by atoms with Crippen LogP contribution < -0.4 is 0 Å². The van der Waals surface area contributed by atoms with Crippen molar-refractivity contribution in [2.75, 3.05) is 0 Å². The molecule has 0 fully saturated rings. The van der Waals surface area contributed by atoms with Crippen LogP contribution in [0.25, 0.3) is 0 Å². The van der Waals surface area contributed by atoms with Gasteiger partial charge in [0.2, 0.25) is 0 Å². The van der Waals surface area contributed by atoms with Gasteiger partial charge in [0, 0.05) is 18.3 Å². The largest absolute Gasteiger partial charge is 0.281 e. The van der Waals surface area contributed by atoms with Crippen molar-refractivity contribution in [2.45, 2.75) is 32.2 Å². The topological polar surface area (TPSA) is 25.2 Å². The van der Waals surface area contributed by atoms with E-state index in [9.17, 15) is 0 Å². The Bertz CT molecular complexity index is 659. The average Bonchev–Trinajstić information content (AvgIpc) is 2.59. The number of aliphatic imine (C=N–C) groups is 1. The lowest BCUT2D eigenvalue weighted by atomic mass is 9.79. The van der Waals surface area contributed by atoms with E-state index in [0.29, 0.717) is 17.9 Å². The number of hydrogen-bond acceptors (Lipinski definition) is 2. The number of nitrogens with zero attached hydrogens (tertiary/aromatic N) is 2. The average molecular weight is 290 g/mol. The predicted octanol–water partition coefficient (Wildman–Crippen LogP) is 4.64. The summed E-state index contributed by atoms with van der Waals surface area (Å²) in [4.78, 5) is 9.07. The zero-order valence-corrected chi connectivity index (χ0v) is 13.2. The molecule has 0 radical (unpaired) electrons. The van der Waals surface area contributed by atoms with Gasteiger partial charge in [-0.2, -0.15) is 0 Å². The number of aromatic nitrogens is 1. The van der Waals surface area contributed by atoms with E-state index in [0.717, 1.165) is 12.1 Å². The molecular weight excluding hydrogens is 268 g/mol. The summed E-state index contributed by atoms with van der Waals surface area (Å²) >= 11 is 0. The van der Waals surface area contributed by atoms with Crippen LogP contribution in [0.1, 0.15) is 37.3 Å². The second-order valence-corrected chi connectivity index (χ2v) is 5.85. The van der Waals surface area contributed by atoms with E-state index in [1.807, 2.05) is 18.5 Å². The Balaban J connectivity index is 1.84. The Morgan fingerprint density at radius 3 is 2.41 bits per heavy atom. The third-order valence-electron chi connectivity index (χ3n) is 4.48. The molecule has 1 aromatic heterocycles. The summed E-state index contributed by atoms with van der Waals surface area (Å²) in [6.45, 7) is 4.48. The molecule has 0 saturated heterocycles. The fourth-order valence-corrected chi connectivity index (χ4v) is 3.30. The van der Waals surface area contributed by atoms with E-state index in [1.54, 1.807) is 0 Å². The third-order valence-corrected chi connectivity index (χ3v) is 4.48. The molecule has 2 aromatic rings. The van der Waals surface area contributed by atoms with Crippen molar-refractivity contribution in [3.63, 3.8) is 0 Å². The van der Waals surface area contributed by atoms with Crippen molar-refractivity contribution in [3.05, 3.63) is 78.1 Å². The molecule has 0 aliphatic carbocycles. The van der Waals surface area contributed by atoms with Crippen LogP contribution in [0.2, 0.25) is 0 Å². The normalized spacial score (nSPS) is 22.2. The van der Waals surface area contributed by atoms with Crippen LogP contribution in [0, 0.1) is 5.92 Å². The van der Waals surface area contributed by atoms with Gasteiger partial charge in [0.05, 0.1) is 11.8 Å². The van der Waals surface area contributed by atoms with E-state index in [2.05, 4.69) is 67.4 Å². The first-order chi connectivity index (χ1) is 10.8. The second kappa shape index (κ2) is 6.69. The predicted molar refractivity (Wildman–Crippen MR) is 92.3 cm³/mol. The molecule has 0 amide bonds. The van der Waals surface area contributed by atoms with Gasteiger partial charge in [-0.15, -0.1) is 0 Å². The summed E-state index contributed by atoms with van der Waals surface area (Å²) in [7, 11) is 0. The SMILES string of the molecule is CCC(c1ccncc1)C1C=CC(c2ccccc2)=NC1C. The highest BCUT2D eigenvalue weighted by molar-refractivity contribution is 6.09. The van der Waals surface area contributed by atoms with Crippen LogP contribution in [0.15, 0.2) is 72.0 Å². The summed E-state index contributed by atoms with van der Waals surface area (Å²) in [5.74, 6) is 0.940. The van der Waals surface area contributed by atoms with Gasteiger partial charge in [-0.3, -0.25) is 9.98 Å². The van der Waals surface area contributed by atoms with E-state index < -0.39 is 0 Å². The Morgan fingerprint density at radius 1 is 1.05 bits per heavy atom. The quantitative estimate of drug-likeness (QED) is 0.805. The first kappa shape index (κ1) is 14.7. The van der Waals surface area contributed by atoms with Crippen LogP contribution in [0.5, 0.6) is 0 Å². The van der Waals surface area contributed by atoms with E-state index >= 15 is 0 Å². The Hall–Kier alpha value is -2.22. The Labute approximate surface area is 132 Å². The van der Waals surface area contributed by atoms with Crippen molar-refractivity contribution in [1.29, 1.82) is 0 Å². The monoisotopic (exact) mass is 290 g/mol. The zero-order valence-electron chi connectivity index (χ0n) is 13.2. The number of benzene rings is 1. The van der Waals surface area contributed by atoms with Gasteiger partial charge < -0.3 is 0 Å². The van der Waals surface area contributed by atoms with Crippen LogP contribution >= 0.6 is 0 Å². The molecule has 0 bridgehead atoms. The van der Waals surface area contributed by atoms with Crippen molar-refractivity contribution >= 4 is 5.71 Å². The van der Waals surface area contributed by atoms with E-state index in [-0.39, 0.29) is 0 Å². The smallest absolute Gasteiger partial charge is 0.0647 e. The molecule has 1 aliphatic rings. The van der Waals surface area contributed by atoms with Crippen LogP contribution in [-0.4, -0.2) is 16.7 Å². The number of dihydropyridines is 1. The number of allylic oxidation sites excluding steroid dienone is 1. The second-order valence-electron chi connectivity index (χ2n) is 5.85. The molecule has 1 aliphatic heterocycles. The van der Waals surface area contributed by atoms with Crippen molar-refractivity contribution < 1.29 is 0 Å². The fraction of sp³-hybridized carbons (Fsp3) is 0.300. The van der Waals surface area contributed by atoms with Crippen molar-refractivity contribution in [1.82, 2.24) is 4.98 Å². The van der Waals surface area contributed by atoms with Crippen LogP contribution in [0.3, 0.4) is 0 Å². The van der Waals surface area contributed by atoms with Gasteiger partial charge >= 0.3 is 0 Å². The molecule has 1 aromatic carbocycles. The lowest BCUT2D eigenvalue weighted by Gasteiger charge is -2.30. The standard InChI is InChI=1S/C20H22N2/c1-3-18(16-11-13-21-14-12-16)19-9-10-20(22-15(19)2)17-7-5-4-6-8-17/h4-15,18-19H,3H2,1-2H3. The highest BCUT2D eigenvalue weighted by atomic mass is 14.8. The molecule has 3 unspecified atom stereocenters. The minimum Gasteiger partial charge on any atom is -0.281 e. The lowest BCUT2D eigenvalue weighted by molar-refractivity contribution is 0.427. The summed E-state index contributed by atoms with van der Waals surface area (Å²) < 4.78 is 0. The lowest BCUT2D eigenvalue weighted by Crippen LogP contribution is -2.25. The number of pyridine rings is 1. The maximum absolute atomic E-state index is 4.94. The molecule has 22 heavy (non-hydrogen) atoms. The molecule has 2 heterocycles. The highest BCUT2D eigenvalue weighted by Gasteiger charge is 2.27. The van der Waals surface area contributed by atoms with Crippen molar-refractivity contribution in [3.8, 4) is 0 Å². The molecule has 112 valence electrons. The Morgan fingerprint density at radius 2 is 1.77 bits per heavy atom. The molecular formula is C20H22N2. The van der Waals surface area contributed by atoms with E-state index in [1.165, 1.54) is 11.1 Å². The molecule has 0 saturated carbocycles. The summed E-state index contributed by atoms with van der Waals surface area (Å²) in [5.41, 5.74) is 3.65. The highest BCUT2D eigenvalue weighted by Crippen LogP contribution is 2.34. The fourth-order valence-electron chi connectivity index (χ4n) is 3.30. The van der Waals surface area contributed by atoms with Gasteiger partial charge in [-0.05, 0) is 48.6 Å². The van der Waals surface area contributed by atoms with E-state index in [4.69, 9.17) is 4.99 Å². The first-order valence-electron chi connectivity index (χ1n) is 8.01. The minimum atomic E-state index is 0.290. The van der Waals surface area contributed by atoms with Gasteiger partial charge in [-0.25, -0.2) is 0 Å². The minimum absolute atomic E-state index is 0.290. The summed E-state index contributed by atoms with van der Waals surface area (Å²) in [6.07, 6.45) is 9.40. The van der Waals surface area contributed by atoms with Crippen LogP contribution in [-0.2, 0) is 0 Å².